The van der Waals surface area contributed by atoms with Crippen LogP contribution < -0.4 is 5.32 Å². The lowest BCUT2D eigenvalue weighted by atomic mass is 10.1. The Morgan fingerprint density at radius 3 is 2.85 bits per heavy atom. The Morgan fingerprint density at radius 2 is 2.25 bits per heavy atom. The molecule has 2 aromatic rings. The number of hydrogen-bond donors (Lipinski definition) is 1. The third kappa shape index (κ3) is 4.37. The Kier molecular flexibility index (Phi) is 5.64. The highest BCUT2D eigenvalue weighted by Gasteiger charge is 2.12. The number of halogens is 1. The van der Waals surface area contributed by atoms with E-state index in [4.69, 9.17) is 0 Å². The highest BCUT2D eigenvalue weighted by Crippen LogP contribution is 2.16. The molecule has 2 heterocycles. The molecule has 0 aliphatic heterocycles. The molecule has 5 heteroatoms. The summed E-state index contributed by atoms with van der Waals surface area (Å²) in [6.07, 6.45) is 2.21. The first kappa shape index (κ1) is 15.1. The Labute approximate surface area is 123 Å². The van der Waals surface area contributed by atoms with Crippen LogP contribution in [0.5, 0.6) is 0 Å². The van der Waals surface area contributed by atoms with Crippen molar-refractivity contribution in [1.82, 2.24) is 15.2 Å². The number of rotatable bonds is 7. The summed E-state index contributed by atoms with van der Waals surface area (Å²) in [6.45, 7) is 1.92. The van der Waals surface area contributed by atoms with Gasteiger partial charge in [-0.15, -0.1) is 11.3 Å². The molecule has 0 radical (unpaired) electrons. The quantitative estimate of drug-likeness (QED) is 0.850. The van der Waals surface area contributed by atoms with Crippen molar-refractivity contribution >= 4 is 11.3 Å². The maximum atomic E-state index is 12.9. The highest BCUT2D eigenvalue weighted by atomic mass is 32.1. The van der Waals surface area contributed by atoms with Gasteiger partial charge in [0.1, 0.15) is 5.82 Å². The van der Waals surface area contributed by atoms with Crippen LogP contribution in [0.2, 0.25) is 0 Å². The molecule has 0 aliphatic carbocycles. The van der Waals surface area contributed by atoms with Crippen LogP contribution >= 0.6 is 11.3 Å². The van der Waals surface area contributed by atoms with Crippen molar-refractivity contribution in [2.45, 2.75) is 19.0 Å². The van der Waals surface area contributed by atoms with Crippen LogP contribution in [0.15, 0.2) is 35.8 Å². The van der Waals surface area contributed by atoms with Crippen LogP contribution in [-0.4, -0.2) is 30.5 Å². The lowest BCUT2D eigenvalue weighted by molar-refractivity contribution is 0.305. The smallest absolute Gasteiger partial charge is 0.141 e. The molecule has 0 saturated heterocycles. The molecule has 1 N–H and O–H groups in total. The van der Waals surface area contributed by atoms with Crippen molar-refractivity contribution in [2.24, 2.45) is 0 Å². The van der Waals surface area contributed by atoms with Gasteiger partial charge in [0.15, 0.2) is 0 Å². The monoisotopic (exact) mass is 293 g/mol. The molecule has 0 bridgehead atoms. The predicted molar refractivity (Wildman–Crippen MR) is 81.3 cm³/mol. The second-order valence-corrected chi connectivity index (χ2v) is 5.88. The zero-order valence-corrected chi connectivity index (χ0v) is 12.7. The van der Waals surface area contributed by atoms with Gasteiger partial charge in [-0.2, -0.15) is 0 Å². The van der Waals surface area contributed by atoms with Crippen molar-refractivity contribution in [2.75, 3.05) is 20.6 Å². The molecular formula is C15H20FN3S. The van der Waals surface area contributed by atoms with Gasteiger partial charge in [-0.3, -0.25) is 4.98 Å². The molecule has 0 fully saturated rings. The summed E-state index contributed by atoms with van der Waals surface area (Å²) >= 11 is 1.78. The van der Waals surface area contributed by atoms with E-state index in [1.54, 1.807) is 17.4 Å². The number of thiophene rings is 1. The van der Waals surface area contributed by atoms with Gasteiger partial charge in [-0.1, -0.05) is 6.07 Å². The molecular weight excluding hydrogens is 273 g/mol. The Morgan fingerprint density at radius 1 is 1.40 bits per heavy atom. The maximum absolute atomic E-state index is 12.9. The summed E-state index contributed by atoms with van der Waals surface area (Å²) in [5.41, 5.74) is 0.887. The molecule has 20 heavy (non-hydrogen) atoms. The van der Waals surface area contributed by atoms with Crippen molar-refractivity contribution < 1.29 is 4.39 Å². The molecule has 2 rings (SSSR count). The molecule has 0 saturated carbocycles. The molecule has 108 valence electrons. The Hall–Kier alpha value is -1.30. The summed E-state index contributed by atoms with van der Waals surface area (Å²) < 4.78 is 12.9. The number of pyridine rings is 1. The van der Waals surface area contributed by atoms with E-state index in [2.05, 4.69) is 39.8 Å². The zero-order chi connectivity index (χ0) is 14.4. The van der Waals surface area contributed by atoms with E-state index < -0.39 is 0 Å². The third-order valence-electron chi connectivity index (χ3n) is 3.26. The van der Waals surface area contributed by atoms with E-state index in [1.165, 1.54) is 17.1 Å². The molecule has 0 aliphatic rings. The predicted octanol–water partition coefficient (Wildman–Crippen LogP) is 3.06. The van der Waals surface area contributed by atoms with Crippen molar-refractivity contribution in [3.63, 3.8) is 0 Å². The maximum Gasteiger partial charge on any atom is 0.141 e. The van der Waals surface area contributed by atoms with Gasteiger partial charge in [-0.05, 0) is 44.1 Å². The van der Waals surface area contributed by atoms with E-state index in [-0.39, 0.29) is 11.9 Å². The van der Waals surface area contributed by atoms with Crippen LogP contribution in [0.3, 0.4) is 0 Å². The molecule has 0 amide bonds. The zero-order valence-electron chi connectivity index (χ0n) is 11.8. The summed E-state index contributed by atoms with van der Waals surface area (Å²) in [5, 5.41) is 5.34. The van der Waals surface area contributed by atoms with Gasteiger partial charge in [0.05, 0.1) is 17.9 Å². The SMILES string of the molecule is CNC(CCN(C)Cc1cccs1)c1ccc(F)cn1. The van der Waals surface area contributed by atoms with Crippen LogP contribution in [0, 0.1) is 5.82 Å². The standard InChI is InChI=1S/C15H20FN3S/c1-17-14(15-6-5-12(16)10-18-15)7-8-19(2)11-13-4-3-9-20-13/h3-6,9-10,14,17H,7-8,11H2,1-2H3. The second kappa shape index (κ2) is 7.47. The van der Waals surface area contributed by atoms with Crippen LogP contribution in [0.4, 0.5) is 4.39 Å². The Bertz CT molecular complexity index is 498. The summed E-state index contributed by atoms with van der Waals surface area (Å²) in [6, 6.07) is 7.59. The van der Waals surface area contributed by atoms with E-state index >= 15 is 0 Å². The first-order chi connectivity index (χ1) is 9.69. The van der Waals surface area contributed by atoms with Crippen molar-refractivity contribution in [3.8, 4) is 0 Å². The minimum Gasteiger partial charge on any atom is -0.312 e. The minimum atomic E-state index is -0.293. The molecule has 3 nitrogen and oxygen atoms in total. The lowest BCUT2D eigenvalue weighted by Gasteiger charge is -2.20. The topological polar surface area (TPSA) is 28.2 Å². The third-order valence-corrected chi connectivity index (χ3v) is 4.12. The van der Waals surface area contributed by atoms with Gasteiger partial charge in [-0.25, -0.2) is 4.39 Å². The van der Waals surface area contributed by atoms with Crippen LogP contribution in [0.25, 0.3) is 0 Å². The Balaban J connectivity index is 1.85. The average molecular weight is 293 g/mol. The fourth-order valence-corrected chi connectivity index (χ4v) is 2.91. The van der Waals surface area contributed by atoms with Gasteiger partial charge in [0.25, 0.3) is 0 Å². The number of nitrogens with one attached hydrogen (secondary N) is 1. The average Bonchev–Trinajstić information content (AvgIpc) is 2.94. The molecule has 1 unspecified atom stereocenters. The normalized spacial score (nSPS) is 12.8. The van der Waals surface area contributed by atoms with Gasteiger partial charge in [0.2, 0.25) is 0 Å². The number of nitrogens with zero attached hydrogens (tertiary/aromatic N) is 2. The first-order valence-corrected chi connectivity index (χ1v) is 7.56. The van der Waals surface area contributed by atoms with Gasteiger partial charge in [0, 0.05) is 18.0 Å². The molecule has 1 atom stereocenters. The first-order valence-electron chi connectivity index (χ1n) is 6.68. The van der Waals surface area contributed by atoms with Crippen molar-refractivity contribution in [1.29, 1.82) is 0 Å². The van der Waals surface area contributed by atoms with E-state index in [0.29, 0.717) is 0 Å². The number of aromatic nitrogens is 1. The summed E-state index contributed by atoms with van der Waals surface area (Å²) in [5.74, 6) is -0.293. The van der Waals surface area contributed by atoms with Gasteiger partial charge < -0.3 is 10.2 Å². The van der Waals surface area contributed by atoms with Crippen LogP contribution in [0.1, 0.15) is 23.0 Å². The van der Waals surface area contributed by atoms with E-state index in [1.807, 2.05) is 7.05 Å². The fourth-order valence-electron chi connectivity index (χ4n) is 2.13. The second-order valence-electron chi connectivity index (χ2n) is 4.85. The highest BCUT2D eigenvalue weighted by molar-refractivity contribution is 7.09. The fraction of sp³-hybridized carbons (Fsp3) is 0.400. The van der Waals surface area contributed by atoms with Gasteiger partial charge >= 0.3 is 0 Å². The number of hydrogen-bond acceptors (Lipinski definition) is 4. The summed E-state index contributed by atoms with van der Waals surface area (Å²) in [4.78, 5) is 7.81. The summed E-state index contributed by atoms with van der Waals surface area (Å²) in [7, 11) is 4.03. The minimum absolute atomic E-state index is 0.154. The largest absolute Gasteiger partial charge is 0.312 e. The molecule has 0 aromatic carbocycles. The van der Waals surface area contributed by atoms with Crippen LogP contribution in [-0.2, 0) is 6.54 Å². The van der Waals surface area contributed by atoms with E-state index in [9.17, 15) is 4.39 Å². The molecule has 0 spiro atoms. The van der Waals surface area contributed by atoms with Crippen molar-refractivity contribution in [3.05, 3.63) is 52.2 Å². The lowest BCUT2D eigenvalue weighted by Crippen LogP contribution is -2.25. The van der Waals surface area contributed by atoms with E-state index in [0.717, 1.165) is 25.2 Å². The molecule has 2 aromatic heterocycles.